The Morgan fingerprint density at radius 2 is 1.53 bits per heavy atom. The number of esters is 1. The summed E-state index contributed by atoms with van der Waals surface area (Å²) in [6.07, 6.45) is 0.792. The standard InChI is InChI=1S/C37H37N3O6S/c1-37(2,3)46-36(44)38-29-33(42)40-30(35(43)45-31(25-15-9-5-10-16-25)26-17-11-6-12-18-26)28(23-47-34(29)40)21-27-19-20-39(32(27)41)22-24-13-7-4-8-14-24/h4-18,21,23,29-31,34H,19-20,22H2,1-3H3,(H,38,44)/b27-21+/t29-,30-,34-/m1/s1. The van der Waals surface area contributed by atoms with Crippen molar-refractivity contribution in [3.05, 3.63) is 130 Å². The number of amides is 3. The number of nitrogens with zero attached hydrogens (tertiary/aromatic N) is 2. The van der Waals surface area contributed by atoms with E-state index in [0.29, 0.717) is 30.7 Å². The first-order valence-electron chi connectivity index (χ1n) is 15.6. The highest BCUT2D eigenvalue weighted by Gasteiger charge is 2.56. The molecular formula is C37H37N3O6S. The van der Waals surface area contributed by atoms with Crippen molar-refractivity contribution in [2.45, 2.75) is 62.9 Å². The molecule has 3 atom stereocenters. The molecule has 3 heterocycles. The molecule has 10 heteroatoms. The van der Waals surface area contributed by atoms with Crippen LogP contribution in [0.1, 0.15) is 50.0 Å². The summed E-state index contributed by atoms with van der Waals surface area (Å²) >= 11 is 1.31. The van der Waals surface area contributed by atoms with Crippen molar-refractivity contribution in [1.29, 1.82) is 0 Å². The zero-order valence-electron chi connectivity index (χ0n) is 26.5. The second kappa shape index (κ2) is 13.5. The highest BCUT2D eigenvalue weighted by molar-refractivity contribution is 8.03. The Balaban J connectivity index is 1.29. The third-order valence-electron chi connectivity index (χ3n) is 8.12. The molecule has 0 aromatic heterocycles. The van der Waals surface area contributed by atoms with E-state index in [1.54, 1.807) is 37.2 Å². The predicted octanol–water partition coefficient (Wildman–Crippen LogP) is 5.74. The zero-order valence-corrected chi connectivity index (χ0v) is 27.3. The lowest BCUT2D eigenvalue weighted by Gasteiger charge is -2.51. The van der Waals surface area contributed by atoms with E-state index in [9.17, 15) is 19.2 Å². The summed E-state index contributed by atoms with van der Waals surface area (Å²) < 4.78 is 11.6. The maximum atomic E-state index is 14.3. The summed E-state index contributed by atoms with van der Waals surface area (Å²) in [5.41, 5.74) is 2.89. The molecule has 3 aliphatic heterocycles. The molecule has 0 spiro atoms. The van der Waals surface area contributed by atoms with Gasteiger partial charge in [-0.25, -0.2) is 9.59 Å². The molecule has 3 amide bonds. The number of rotatable bonds is 8. The van der Waals surface area contributed by atoms with Crippen molar-refractivity contribution in [3.8, 4) is 0 Å². The molecule has 2 saturated heterocycles. The maximum Gasteiger partial charge on any atom is 0.408 e. The molecule has 1 N–H and O–H groups in total. The fourth-order valence-electron chi connectivity index (χ4n) is 5.93. The Morgan fingerprint density at radius 1 is 0.936 bits per heavy atom. The van der Waals surface area contributed by atoms with Crippen molar-refractivity contribution < 1.29 is 28.7 Å². The number of carbonyl (C=O) groups excluding carboxylic acids is 4. The van der Waals surface area contributed by atoms with E-state index in [1.807, 2.05) is 91.0 Å². The molecule has 3 aromatic rings. The van der Waals surface area contributed by atoms with Gasteiger partial charge in [0.25, 0.3) is 0 Å². The fraction of sp³-hybridized carbons (Fsp3) is 0.297. The van der Waals surface area contributed by atoms with E-state index >= 15 is 0 Å². The van der Waals surface area contributed by atoms with Gasteiger partial charge in [0, 0.05) is 18.7 Å². The van der Waals surface area contributed by atoms with Gasteiger partial charge in [-0.15, -0.1) is 11.8 Å². The van der Waals surface area contributed by atoms with Crippen LogP contribution in [0, 0.1) is 0 Å². The molecule has 0 saturated carbocycles. The van der Waals surface area contributed by atoms with Gasteiger partial charge in [0.2, 0.25) is 11.8 Å². The first-order chi connectivity index (χ1) is 22.6. The van der Waals surface area contributed by atoms with Crippen LogP contribution in [-0.4, -0.2) is 63.3 Å². The number of alkyl carbamates (subject to hydrolysis) is 1. The third kappa shape index (κ3) is 7.12. The van der Waals surface area contributed by atoms with Gasteiger partial charge in [-0.3, -0.25) is 9.59 Å². The molecule has 3 aromatic carbocycles. The van der Waals surface area contributed by atoms with Crippen molar-refractivity contribution in [2.75, 3.05) is 6.54 Å². The summed E-state index contributed by atoms with van der Waals surface area (Å²) in [7, 11) is 0. The van der Waals surface area contributed by atoms with E-state index in [1.165, 1.54) is 16.7 Å². The van der Waals surface area contributed by atoms with Crippen LogP contribution < -0.4 is 5.32 Å². The minimum absolute atomic E-state index is 0.111. The van der Waals surface area contributed by atoms with Gasteiger partial charge in [-0.1, -0.05) is 91.0 Å². The molecule has 0 aliphatic carbocycles. The quantitative estimate of drug-likeness (QED) is 0.188. The fourth-order valence-corrected chi connectivity index (χ4v) is 7.12. The normalized spacial score (nSPS) is 21.7. The number of likely N-dealkylation sites (tertiary alicyclic amines) is 1. The molecule has 3 aliphatic rings. The summed E-state index contributed by atoms with van der Waals surface area (Å²) in [5.74, 6) is -1.18. The van der Waals surface area contributed by atoms with Gasteiger partial charge in [0.1, 0.15) is 17.0 Å². The van der Waals surface area contributed by atoms with Crippen LogP contribution >= 0.6 is 11.8 Å². The van der Waals surface area contributed by atoms with Crippen LogP contribution in [0.25, 0.3) is 0 Å². The topological polar surface area (TPSA) is 105 Å². The first kappa shape index (κ1) is 32.1. The van der Waals surface area contributed by atoms with Crippen molar-refractivity contribution >= 4 is 35.6 Å². The lowest BCUT2D eigenvalue weighted by atomic mass is 9.95. The zero-order chi connectivity index (χ0) is 33.1. The van der Waals surface area contributed by atoms with E-state index < -0.39 is 47.1 Å². The number of β-lactam (4-membered cyclic amide) rings is 1. The van der Waals surface area contributed by atoms with Crippen LogP contribution in [-0.2, 0) is 30.4 Å². The average Bonchev–Trinajstić information content (AvgIpc) is 3.40. The molecular weight excluding hydrogens is 614 g/mol. The third-order valence-corrected chi connectivity index (χ3v) is 9.31. The highest BCUT2D eigenvalue weighted by atomic mass is 32.2. The molecule has 6 rings (SSSR count). The molecule has 2 fully saturated rings. The van der Waals surface area contributed by atoms with Gasteiger partial charge in [0.05, 0.1) is 0 Å². The van der Waals surface area contributed by atoms with Gasteiger partial charge in [0.15, 0.2) is 12.1 Å². The Hall–Kier alpha value is -4.83. The van der Waals surface area contributed by atoms with Crippen LogP contribution in [0.4, 0.5) is 4.79 Å². The Morgan fingerprint density at radius 3 is 2.13 bits per heavy atom. The van der Waals surface area contributed by atoms with Gasteiger partial charge >= 0.3 is 12.1 Å². The highest BCUT2D eigenvalue weighted by Crippen LogP contribution is 2.42. The number of hydrogen-bond donors (Lipinski definition) is 1. The molecule has 9 nitrogen and oxygen atoms in total. The molecule has 0 unspecified atom stereocenters. The summed E-state index contributed by atoms with van der Waals surface area (Å²) in [4.78, 5) is 57.2. The SMILES string of the molecule is CC(C)(C)OC(=O)N[C@@H]1C(=O)N2[C@@H](C(=O)OC(c3ccccc3)c3ccccc3)C(/C=C3\CCN(Cc4ccccc4)C3=O)=CS[C@H]12. The minimum atomic E-state index is -1.12. The van der Waals surface area contributed by atoms with E-state index in [2.05, 4.69) is 5.32 Å². The minimum Gasteiger partial charge on any atom is -0.451 e. The lowest BCUT2D eigenvalue weighted by molar-refractivity contribution is -0.164. The second-order valence-electron chi connectivity index (χ2n) is 12.7. The Bertz CT molecular complexity index is 1660. The van der Waals surface area contributed by atoms with Gasteiger partial charge in [-0.2, -0.15) is 0 Å². The molecule has 47 heavy (non-hydrogen) atoms. The van der Waals surface area contributed by atoms with Crippen LogP contribution in [0.3, 0.4) is 0 Å². The Kier molecular flexibility index (Phi) is 9.22. The van der Waals surface area contributed by atoms with E-state index in [0.717, 1.165) is 16.7 Å². The number of hydrogen-bond acceptors (Lipinski definition) is 7. The number of fused-ring (bicyclic) bond motifs is 1. The smallest absolute Gasteiger partial charge is 0.408 e. The number of ether oxygens (including phenoxy) is 2. The number of thioether (sulfide) groups is 1. The van der Waals surface area contributed by atoms with Crippen molar-refractivity contribution in [3.63, 3.8) is 0 Å². The van der Waals surface area contributed by atoms with E-state index in [-0.39, 0.29) is 5.91 Å². The monoisotopic (exact) mass is 651 g/mol. The lowest BCUT2D eigenvalue weighted by Crippen LogP contribution is -2.74. The summed E-state index contributed by atoms with van der Waals surface area (Å²) in [6.45, 7) is 6.26. The van der Waals surface area contributed by atoms with Crippen molar-refractivity contribution in [2.24, 2.45) is 0 Å². The largest absolute Gasteiger partial charge is 0.451 e. The van der Waals surface area contributed by atoms with Crippen LogP contribution in [0.15, 0.2) is 114 Å². The Labute approximate surface area is 278 Å². The molecule has 242 valence electrons. The number of nitrogens with one attached hydrogen (secondary N) is 1. The number of benzene rings is 3. The van der Waals surface area contributed by atoms with Crippen molar-refractivity contribution in [1.82, 2.24) is 15.1 Å². The molecule has 0 bridgehead atoms. The summed E-state index contributed by atoms with van der Waals surface area (Å²) in [6, 6.07) is 26.6. The van der Waals surface area contributed by atoms with Gasteiger partial charge < -0.3 is 24.6 Å². The predicted molar refractivity (Wildman–Crippen MR) is 179 cm³/mol. The number of carbonyl (C=O) groups is 4. The maximum absolute atomic E-state index is 14.3. The summed E-state index contributed by atoms with van der Waals surface area (Å²) in [5, 5.41) is 3.90. The first-order valence-corrected chi connectivity index (χ1v) is 16.5. The second-order valence-corrected chi connectivity index (χ2v) is 13.7. The van der Waals surface area contributed by atoms with Gasteiger partial charge in [-0.05, 0) is 60.9 Å². The average molecular weight is 652 g/mol. The molecule has 0 radical (unpaired) electrons. The van der Waals surface area contributed by atoms with E-state index in [4.69, 9.17) is 9.47 Å². The van der Waals surface area contributed by atoms with Crippen LogP contribution in [0.2, 0.25) is 0 Å². The van der Waals surface area contributed by atoms with Crippen LogP contribution in [0.5, 0.6) is 0 Å².